The van der Waals surface area contributed by atoms with Crippen LogP contribution in [0.1, 0.15) is 5.69 Å². The zero-order chi connectivity index (χ0) is 14.1. The fourth-order valence-electron chi connectivity index (χ4n) is 1.90. The summed E-state index contributed by atoms with van der Waals surface area (Å²) in [5.74, 6) is 6.80. The Bertz CT molecular complexity index is 769. The van der Waals surface area contributed by atoms with Crippen LogP contribution in [0.5, 0.6) is 5.75 Å². The number of rotatable bonds is 3. The molecule has 20 heavy (non-hydrogen) atoms. The molecule has 3 N–H and O–H groups in total. The SMILES string of the molecule is COc1cccc(-c2nc3c(C)nc(NN)nc3o2)c1. The zero-order valence-electron chi connectivity index (χ0n) is 11.0. The number of aromatic nitrogens is 3. The number of aryl methyl sites for hydroxylation is 1. The van der Waals surface area contributed by atoms with Crippen LogP contribution in [-0.4, -0.2) is 22.1 Å². The van der Waals surface area contributed by atoms with Gasteiger partial charge in [-0.15, -0.1) is 0 Å². The molecule has 0 bridgehead atoms. The van der Waals surface area contributed by atoms with Crippen molar-refractivity contribution in [1.29, 1.82) is 0 Å². The number of nitrogens with two attached hydrogens (primary N) is 1. The summed E-state index contributed by atoms with van der Waals surface area (Å²) in [6, 6.07) is 7.45. The maximum absolute atomic E-state index is 5.66. The van der Waals surface area contributed by atoms with Gasteiger partial charge in [-0.2, -0.15) is 4.98 Å². The Labute approximate surface area is 114 Å². The number of benzene rings is 1. The second-order valence-corrected chi connectivity index (χ2v) is 4.18. The number of hydrogen-bond donors (Lipinski definition) is 2. The van der Waals surface area contributed by atoms with E-state index in [1.807, 2.05) is 31.2 Å². The van der Waals surface area contributed by atoms with Gasteiger partial charge in [0.25, 0.3) is 5.71 Å². The summed E-state index contributed by atoms with van der Waals surface area (Å²) in [5, 5.41) is 0. The highest BCUT2D eigenvalue weighted by Gasteiger charge is 2.14. The van der Waals surface area contributed by atoms with Gasteiger partial charge in [-0.25, -0.2) is 15.8 Å². The second-order valence-electron chi connectivity index (χ2n) is 4.18. The van der Waals surface area contributed by atoms with Crippen molar-refractivity contribution in [2.75, 3.05) is 12.5 Å². The highest BCUT2D eigenvalue weighted by Crippen LogP contribution is 2.27. The number of methoxy groups -OCH3 is 1. The minimum Gasteiger partial charge on any atom is -0.497 e. The Morgan fingerprint density at radius 2 is 2.10 bits per heavy atom. The predicted octanol–water partition coefficient (Wildman–Crippen LogP) is 1.89. The number of nitrogen functional groups attached to an aromatic ring is 1. The van der Waals surface area contributed by atoms with Crippen molar-refractivity contribution in [3.8, 4) is 17.2 Å². The van der Waals surface area contributed by atoms with Gasteiger partial charge in [0.15, 0.2) is 5.52 Å². The molecule has 1 aromatic carbocycles. The molecule has 0 atom stereocenters. The van der Waals surface area contributed by atoms with Gasteiger partial charge in [0.05, 0.1) is 12.8 Å². The number of oxazole rings is 1. The van der Waals surface area contributed by atoms with Crippen LogP contribution in [0.4, 0.5) is 5.95 Å². The largest absolute Gasteiger partial charge is 0.497 e. The van der Waals surface area contributed by atoms with E-state index in [1.165, 1.54) is 0 Å². The van der Waals surface area contributed by atoms with Crippen LogP contribution in [0.2, 0.25) is 0 Å². The standard InChI is InChI=1S/C13H13N5O2/c1-7-10-12(17-13(15-7)18-14)20-11(16-10)8-4-3-5-9(6-8)19-2/h3-6H,14H2,1-2H3,(H,15,17,18). The first-order valence-corrected chi connectivity index (χ1v) is 5.97. The highest BCUT2D eigenvalue weighted by atomic mass is 16.5. The third-order valence-corrected chi connectivity index (χ3v) is 2.88. The molecule has 2 aromatic heterocycles. The molecule has 0 unspecified atom stereocenters. The lowest BCUT2D eigenvalue weighted by Gasteiger charge is -2.00. The van der Waals surface area contributed by atoms with Crippen molar-refractivity contribution >= 4 is 17.2 Å². The van der Waals surface area contributed by atoms with E-state index in [1.54, 1.807) is 7.11 Å². The van der Waals surface area contributed by atoms with Gasteiger partial charge < -0.3 is 9.15 Å². The Morgan fingerprint density at radius 1 is 1.25 bits per heavy atom. The van der Waals surface area contributed by atoms with Crippen LogP contribution < -0.4 is 16.0 Å². The molecule has 0 spiro atoms. The fraction of sp³-hybridized carbons (Fsp3) is 0.154. The Kier molecular flexibility index (Phi) is 2.96. The van der Waals surface area contributed by atoms with E-state index in [9.17, 15) is 0 Å². The summed E-state index contributed by atoms with van der Waals surface area (Å²) in [6.07, 6.45) is 0. The van der Waals surface area contributed by atoms with Crippen LogP contribution >= 0.6 is 0 Å². The molecule has 7 nitrogen and oxygen atoms in total. The summed E-state index contributed by atoms with van der Waals surface area (Å²) in [6.45, 7) is 1.82. The van der Waals surface area contributed by atoms with Gasteiger partial charge in [-0.1, -0.05) is 6.07 Å². The van der Waals surface area contributed by atoms with Crippen LogP contribution in [0.25, 0.3) is 22.7 Å². The first kappa shape index (κ1) is 12.4. The third kappa shape index (κ3) is 2.04. The molecule has 0 aliphatic heterocycles. The van der Waals surface area contributed by atoms with Crippen LogP contribution in [0.15, 0.2) is 28.7 Å². The van der Waals surface area contributed by atoms with Gasteiger partial charge in [-0.3, -0.25) is 5.43 Å². The molecule has 0 radical (unpaired) electrons. The molecule has 0 saturated heterocycles. The zero-order valence-corrected chi connectivity index (χ0v) is 11.0. The predicted molar refractivity (Wildman–Crippen MR) is 74.1 cm³/mol. The Hall–Kier alpha value is -2.67. The molecular formula is C13H13N5O2. The monoisotopic (exact) mass is 271 g/mol. The maximum Gasteiger partial charge on any atom is 0.252 e. The quantitative estimate of drug-likeness (QED) is 0.554. The van der Waals surface area contributed by atoms with E-state index in [2.05, 4.69) is 20.4 Å². The minimum absolute atomic E-state index is 0.295. The fourth-order valence-corrected chi connectivity index (χ4v) is 1.90. The van der Waals surface area contributed by atoms with Gasteiger partial charge in [0.2, 0.25) is 11.8 Å². The Morgan fingerprint density at radius 3 is 2.85 bits per heavy atom. The Balaban J connectivity index is 2.14. The van der Waals surface area contributed by atoms with E-state index in [0.717, 1.165) is 11.3 Å². The summed E-state index contributed by atoms with van der Waals surface area (Å²) in [5.41, 5.74) is 4.91. The average Bonchev–Trinajstić information content (AvgIpc) is 2.92. The molecule has 3 aromatic rings. The van der Waals surface area contributed by atoms with Crippen molar-refractivity contribution in [3.05, 3.63) is 30.0 Å². The van der Waals surface area contributed by atoms with Crippen molar-refractivity contribution in [3.63, 3.8) is 0 Å². The molecule has 2 heterocycles. The minimum atomic E-state index is 0.295. The number of anilines is 1. The van der Waals surface area contributed by atoms with E-state index in [-0.39, 0.29) is 0 Å². The first-order chi connectivity index (χ1) is 9.71. The number of fused-ring (bicyclic) bond motifs is 1. The molecule has 7 heteroatoms. The van der Waals surface area contributed by atoms with E-state index in [4.69, 9.17) is 15.0 Å². The molecule has 0 aliphatic rings. The van der Waals surface area contributed by atoms with Crippen LogP contribution in [0, 0.1) is 6.92 Å². The van der Waals surface area contributed by atoms with Crippen LogP contribution in [-0.2, 0) is 0 Å². The van der Waals surface area contributed by atoms with Crippen molar-refractivity contribution in [2.24, 2.45) is 5.84 Å². The summed E-state index contributed by atoms with van der Waals surface area (Å²) < 4.78 is 10.9. The molecule has 0 fully saturated rings. The third-order valence-electron chi connectivity index (χ3n) is 2.88. The topological polar surface area (TPSA) is 99.1 Å². The van der Waals surface area contributed by atoms with Gasteiger partial charge in [0.1, 0.15) is 5.75 Å². The van der Waals surface area contributed by atoms with Crippen molar-refractivity contribution in [2.45, 2.75) is 6.92 Å². The maximum atomic E-state index is 5.66. The van der Waals surface area contributed by atoms with Gasteiger partial charge >= 0.3 is 0 Å². The number of ether oxygens (including phenoxy) is 1. The highest BCUT2D eigenvalue weighted by molar-refractivity contribution is 5.76. The molecule has 102 valence electrons. The van der Waals surface area contributed by atoms with E-state index < -0.39 is 0 Å². The smallest absolute Gasteiger partial charge is 0.252 e. The molecule has 0 aliphatic carbocycles. The normalized spacial score (nSPS) is 10.8. The van der Waals surface area contributed by atoms with E-state index >= 15 is 0 Å². The lowest BCUT2D eigenvalue weighted by atomic mass is 10.2. The number of hydrogen-bond acceptors (Lipinski definition) is 7. The van der Waals surface area contributed by atoms with Gasteiger partial charge in [0, 0.05) is 5.56 Å². The summed E-state index contributed by atoms with van der Waals surface area (Å²) in [7, 11) is 1.61. The molecule has 3 rings (SSSR count). The summed E-state index contributed by atoms with van der Waals surface area (Å²) >= 11 is 0. The lowest BCUT2D eigenvalue weighted by Crippen LogP contribution is -2.10. The number of nitrogens with zero attached hydrogens (tertiary/aromatic N) is 3. The number of hydrazine groups is 1. The first-order valence-electron chi connectivity index (χ1n) is 5.97. The second kappa shape index (κ2) is 4.78. The summed E-state index contributed by atoms with van der Waals surface area (Å²) in [4.78, 5) is 12.7. The number of nitrogens with one attached hydrogen (secondary N) is 1. The average molecular weight is 271 g/mol. The molecule has 0 saturated carbocycles. The van der Waals surface area contributed by atoms with Gasteiger partial charge in [-0.05, 0) is 25.1 Å². The van der Waals surface area contributed by atoms with Crippen LogP contribution in [0.3, 0.4) is 0 Å². The van der Waals surface area contributed by atoms with Crippen molar-refractivity contribution < 1.29 is 9.15 Å². The lowest BCUT2D eigenvalue weighted by molar-refractivity contribution is 0.415. The van der Waals surface area contributed by atoms with Crippen molar-refractivity contribution in [1.82, 2.24) is 15.0 Å². The molecular weight excluding hydrogens is 258 g/mol. The van der Waals surface area contributed by atoms with E-state index in [0.29, 0.717) is 28.8 Å². The molecule has 0 amide bonds.